The van der Waals surface area contributed by atoms with Gasteiger partial charge < -0.3 is 10.3 Å². The zero-order valence-electron chi connectivity index (χ0n) is 16.9. The van der Waals surface area contributed by atoms with Crippen LogP contribution in [-0.2, 0) is 17.0 Å². The molecule has 3 rings (SSSR count). The van der Waals surface area contributed by atoms with Crippen LogP contribution in [0.1, 0.15) is 34.4 Å². The van der Waals surface area contributed by atoms with Gasteiger partial charge in [0.15, 0.2) is 5.16 Å². The number of rotatable bonds is 7. The molecule has 0 fully saturated rings. The number of aryl methyl sites for hydroxylation is 3. The average molecular weight is 408 g/mol. The van der Waals surface area contributed by atoms with E-state index in [1.165, 1.54) is 17.3 Å². The van der Waals surface area contributed by atoms with Crippen LogP contribution in [0, 0.1) is 20.8 Å². The van der Waals surface area contributed by atoms with Gasteiger partial charge in [0.05, 0.1) is 0 Å². The van der Waals surface area contributed by atoms with Crippen LogP contribution < -0.4 is 10.9 Å². The molecule has 1 amide bonds. The fraction of sp³-hybridized carbons (Fsp3) is 0.261. The number of aromatic amines is 1. The molecule has 0 saturated carbocycles. The van der Waals surface area contributed by atoms with E-state index < -0.39 is 0 Å². The third kappa shape index (κ3) is 5.81. The molecule has 2 N–H and O–H groups in total. The quantitative estimate of drug-likeness (QED) is 0.445. The Morgan fingerprint density at radius 2 is 1.86 bits per heavy atom. The summed E-state index contributed by atoms with van der Waals surface area (Å²) in [7, 11) is 0. The number of amides is 1. The van der Waals surface area contributed by atoms with E-state index in [1.807, 2.05) is 69.3 Å². The van der Waals surface area contributed by atoms with E-state index in [0.29, 0.717) is 22.8 Å². The number of aromatic nitrogens is 2. The van der Waals surface area contributed by atoms with Gasteiger partial charge in [-0.15, -0.1) is 0 Å². The van der Waals surface area contributed by atoms with Crippen molar-refractivity contribution < 1.29 is 4.79 Å². The maximum Gasteiger partial charge on any atom is 0.254 e. The number of hydrogen-bond donors (Lipinski definition) is 2. The number of hydrogen-bond acceptors (Lipinski definition) is 4. The Kier molecular flexibility index (Phi) is 6.88. The second-order valence-electron chi connectivity index (χ2n) is 7.08. The van der Waals surface area contributed by atoms with Crippen LogP contribution in [0.5, 0.6) is 0 Å². The number of nitrogens with one attached hydrogen (secondary N) is 2. The molecule has 3 aromatic rings. The summed E-state index contributed by atoms with van der Waals surface area (Å²) < 4.78 is 0. The van der Waals surface area contributed by atoms with Crippen molar-refractivity contribution >= 4 is 23.4 Å². The molecule has 0 spiro atoms. The fourth-order valence-corrected chi connectivity index (χ4v) is 3.94. The van der Waals surface area contributed by atoms with Crippen LogP contribution >= 0.6 is 11.8 Å². The van der Waals surface area contributed by atoms with Crippen molar-refractivity contribution in [1.82, 2.24) is 9.97 Å². The summed E-state index contributed by atoms with van der Waals surface area (Å²) in [6, 6.07) is 15.9. The predicted molar refractivity (Wildman–Crippen MR) is 118 cm³/mol. The molecule has 5 nitrogen and oxygen atoms in total. The van der Waals surface area contributed by atoms with Gasteiger partial charge in [-0.25, -0.2) is 4.98 Å². The predicted octanol–water partition coefficient (Wildman–Crippen LogP) is 4.56. The molecule has 0 radical (unpaired) electrons. The second kappa shape index (κ2) is 9.56. The van der Waals surface area contributed by atoms with Crippen LogP contribution in [0.2, 0.25) is 0 Å². The van der Waals surface area contributed by atoms with Gasteiger partial charge >= 0.3 is 0 Å². The Hall–Kier alpha value is -2.86. The van der Waals surface area contributed by atoms with E-state index in [2.05, 4.69) is 15.3 Å². The topological polar surface area (TPSA) is 74.8 Å². The maximum absolute atomic E-state index is 12.5. The first kappa shape index (κ1) is 20.9. The summed E-state index contributed by atoms with van der Waals surface area (Å²) in [4.78, 5) is 32.2. The van der Waals surface area contributed by atoms with Gasteiger partial charge in [0.1, 0.15) is 0 Å². The van der Waals surface area contributed by atoms with Crippen molar-refractivity contribution in [3.8, 4) is 0 Å². The van der Waals surface area contributed by atoms with E-state index >= 15 is 0 Å². The summed E-state index contributed by atoms with van der Waals surface area (Å²) in [5.41, 5.74) is 5.20. The molecule has 0 aliphatic rings. The highest BCUT2D eigenvalue weighted by atomic mass is 32.2. The summed E-state index contributed by atoms with van der Waals surface area (Å²) in [5, 5.41) is 3.52. The minimum atomic E-state index is -0.174. The highest BCUT2D eigenvalue weighted by molar-refractivity contribution is 7.98. The van der Waals surface area contributed by atoms with E-state index in [9.17, 15) is 9.59 Å². The van der Waals surface area contributed by atoms with Crippen molar-refractivity contribution in [2.75, 3.05) is 5.32 Å². The molecular formula is C23H25N3O2S. The Labute approximate surface area is 175 Å². The van der Waals surface area contributed by atoms with Gasteiger partial charge in [-0.05, 0) is 44.4 Å². The Morgan fingerprint density at radius 3 is 2.55 bits per heavy atom. The number of carbonyl (C=O) groups excluding carboxylic acids is 1. The Bertz CT molecular complexity index is 1060. The lowest BCUT2D eigenvalue weighted by molar-refractivity contribution is -0.116. The van der Waals surface area contributed by atoms with E-state index in [0.717, 1.165) is 22.6 Å². The first-order valence-electron chi connectivity index (χ1n) is 9.56. The molecule has 0 atom stereocenters. The average Bonchev–Trinajstić information content (AvgIpc) is 2.69. The summed E-state index contributed by atoms with van der Waals surface area (Å²) >= 11 is 1.49. The minimum Gasteiger partial charge on any atom is -0.326 e. The molecule has 2 aromatic carbocycles. The van der Waals surface area contributed by atoms with Crippen LogP contribution in [-0.4, -0.2) is 15.9 Å². The number of carbonyl (C=O) groups is 1. The molecule has 0 aliphatic heterocycles. The molecular weight excluding hydrogens is 382 g/mol. The van der Waals surface area contributed by atoms with Crippen molar-refractivity contribution in [3.05, 3.63) is 86.8 Å². The highest BCUT2D eigenvalue weighted by Crippen LogP contribution is 2.19. The van der Waals surface area contributed by atoms with Crippen molar-refractivity contribution in [2.24, 2.45) is 0 Å². The zero-order chi connectivity index (χ0) is 20.8. The van der Waals surface area contributed by atoms with Gasteiger partial charge in [-0.1, -0.05) is 59.8 Å². The lowest BCUT2D eigenvalue weighted by atomic mass is 10.1. The van der Waals surface area contributed by atoms with Crippen molar-refractivity contribution in [3.63, 3.8) is 0 Å². The van der Waals surface area contributed by atoms with Crippen molar-refractivity contribution in [1.29, 1.82) is 0 Å². The van der Waals surface area contributed by atoms with Crippen molar-refractivity contribution in [2.45, 2.75) is 44.5 Å². The zero-order valence-corrected chi connectivity index (χ0v) is 17.7. The molecule has 0 bridgehead atoms. The van der Waals surface area contributed by atoms with E-state index in [1.54, 1.807) is 0 Å². The first-order chi connectivity index (χ1) is 13.9. The third-order valence-corrected chi connectivity index (χ3v) is 5.62. The maximum atomic E-state index is 12.5. The monoisotopic (exact) mass is 407 g/mol. The number of benzene rings is 2. The molecule has 0 saturated heterocycles. The number of anilines is 1. The smallest absolute Gasteiger partial charge is 0.254 e. The van der Waals surface area contributed by atoms with Crippen LogP contribution in [0.4, 0.5) is 5.69 Å². The summed E-state index contributed by atoms with van der Waals surface area (Å²) in [6.07, 6.45) is 0.587. The number of nitrogens with zero attached hydrogens (tertiary/aromatic N) is 1. The molecule has 0 aliphatic carbocycles. The van der Waals surface area contributed by atoms with Gasteiger partial charge in [0.25, 0.3) is 5.56 Å². The van der Waals surface area contributed by atoms with Crippen LogP contribution in [0.3, 0.4) is 0 Å². The van der Waals surface area contributed by atoms with E-state index in [4.69, 9.17) is 0 Å². The lowest BCUT2D eigenvalue weighted by Gasteiger charge is -2.10. The molecule has 1 heterocycles. The largest absolute Gasteiger partial charge is 0.326 e. The SMILES string of the molecule is Cc1ccc(NC(=O)CCc2c(C)nc(SCc3ccccc3)[nH]c2=O)c(C)c1. The Morgan fingerprint density at radius 1 is 1.10 bits per heavy atom. The van der Waals surface area contributed by atoms with Gasteiger partial charge in [-0.3, -0.25) is 9.59 Å². The van der Waals surface area contributed by atoms with Crippen LogP contribution in [0.25, 0.3) is 0 Å². The molecule has 29 heavy (non-hydrogen) atoms. The molecule has 6 heteroatoms. The normalized spacial score (nSPS) is 10.7. The number of H-pyrrole nitrogens is 1. The third-order valence-electron chi connectivity index (χ3n) is 4.68. The fourth-order valence-electron chi connectivity index (χ4n) is 3.08. The molecule has 0 unspecified atom stereocenters. The first-order valence-corrected chi connectivity index (χ1v) is 10.5. The molecule has 150 valence electrons. The Balaban J connectivity index is 1.60. The minimum absolute atomic E-state index is 0.113. The second-order valence-corrected chi connectivity index (χ2v) is 8.04. The number of thioether (sulfide) groups is 1. The van der Waals surface area contributed by atoms with Gasteiger partial charge in [0.2, 0.25) is 5.91 Å². The lowest BCUT2D eigenvalue weighted by Crippen LogP contribution is -2.20. The summed E-state index contributed by atoms with van der Waals surface area (Å²) in [5.74, 6) is 0.624. The van der Waals surface area contributed by atoms with Crippen LogP contribution in [0.15, 0.2) is 58.5 Å². The van der Waals surface area contributed by atoms with Gasteiger partial charge in [0, 0.05) is 29.1 Å². The standard InChI is InChI=1S/C23H25N3O2S/c1-15-9-11-20(16(2)13-15)25-21(27)12-10-19-17(3)24-23(26-22(19)28)29-14-18-7-5-4-6-8-18/h4-9,11,13H,10,12,14H2,1-3H3,(H,25,27)(H,24,26,28). The van der Waals surface area contributed by atoms with E-state index in [-0.39, 0.29) is 17.9 Å². The van der Waals surface area contributed by atoms with Gasteiger partial charge in [-0.2, -0.15) is 0 Å². The molecule has 1 aromatic heterocycles. The highest BCUT2D eigenvalue weighted by Gasteiger charge is 2.12. The summed E-state index contributed by atoms with van der Waals surface area (Å²) in [6.45, 7) is 5.80.